The van der Waals surface area contributed by atoms with Crippen molar-refractivity contribution in [2.24, 2.45) is 0 Å². The number of halogens is 1. The fourth-order valence-corrected chi connectivity index (χ4v) is 1.93. The first-order chi connectivity index (χ1) is 7.25. The SMILES string of the molecule is C[NH+]1CCCC(OC(=O)c2ccco2)C1.[Cl-]. The zero-order valence-corrected chi connectivity index (χ0v) is 10.00. The first-order valence-corrected chi connectivity index (χ1v) is 5.31. The normalized spacial score (nSPS) is 24.6. The van der Waals surface area contributed by atoms with Crippen molar-refractivity contribution in [3.63, 3.8) is 0 Å². The van der Waals surface area contributed by atoms with E-state index in [9.17, 15) is 4.79 Å². The smallest absolute Gasteiger partial charge is 0.374 e. The van der Waals surface area contributed by atoms with Crippen LogP contribution in [0.2, 0.25) is 0 Å². The van der Waals surface area contributed by atoms with Crippen LogP contribution in [0.25, 0.3) is 0 Å². The highest BCUT2D eigenvalue weighted by Gasteiger charge is 2.24. The molecule has 0 aromatic carbocycles. The highest BCUT2D eigenvalue weighted by atomic mass is 35.5. The maximum atomic E-state index is 11.6. The van der Waals surface area contributed by atoms with Crippen molar-refractivity contribution in [2.45, 2.75) is 18.9 Å². The second-order valence-electron chi connectivity index (χ2n) is 4.06. The average molecular weight is 246 g/mol. The summed E-state index contributed by atoms with van der Waals surface area (Å²) in [5, 5.41) is 0. The lowest BCUT2D eigenvalue weighted by Gasteiger charge is -2.26. The van der Waals surface area contributed by atoms with Gasteiger partial charge in [-0.15, -0.1) is 0 Å². The van der Waals surface area contributed by atoms with Crippen LogP contribution in [-0.2, 0) is 4.74 Å². The molecule has 5 heteroatoms. The van der Waals surface area contributed by atoms with Gasteiger partial charge in [-0.05, 0) is 18.6 Å². The number of carbonyl (C=O) groups is 1. The lowest BCUT2D eigenvalue weighted by Crippen LogP contribution is -3.11. The van der Waals surface area contributed by atoms with Crippen LogP contribution in [0.3, 0.4) is 0 Å². The van der Waals surface area contributed by atoms with Crippen molar-refractivity contribution in [3.8, 4) is 0 Å². The number of rotatable bonds is 2. The van der Waals surface area contributed by atoms with E-state index < -0.39 is 0 Å². The summed E-state index contributed by atoms with van der Waals surface area (Å²) >= 11 is 0. The van der Waals surface area contributed by atoms with Crippen LogP contribution in [-0.4, -0.2) is 32.2 Å². The Morgan fingerprint density at radius 2 is 2.44 bits per heavy atom. The van der Waals surface area contributed by atoms with Crippen molar-refractivity contribution < 1.29 is 31.3 Å². The fraction of sp³-hybridized carbons (Fsp3) is 0.545. The fourth-order valence-electron chi connectivity index (χ4n) is 1.93. The predicted octanol–water partition coefficient (Wildman–Crippen LogP) is -2.88. The van der Waals surface area contributed by atoms with Gasteiger partial charge in [-0.25, -0.2) is 4.79 Å². The van der Waals surface area contributed by atoms with E-state index in [1.165, 1.54) is 11.2 Å². The zero-order chi connectivity index (χ0) is 10.7. The quantitative estimate of drug-likeness (QED) is 0.570. The third-order valence-corrected chi connectivity index (χ3v) is 2.70. The Kier molecular flexibility index (Phi) is 4.83. The standard InChI is InChI=1S/C11H15NO3.ClH/c1-12-6-2-4-9(8-12)15-11(13)10-5-3-7-14-10;/h3,5,7,9H,2,4,6,8H2,1H3;1H. The van der Waals surface area contributed by atoms with Gasteiger partial charge in [-0.1, -0.05) is 0 Å². The first kappa shape index (κ1) is 13.1. The second kappa shape index (κ2) is 5.92. The number of piperidine rings is 1. The number of carbonyl (C=O) groups excluding carboxylic acids is 1. The molecule has 0 spiro atoms. The Morgan fingerprint density at radius 3 is 3.06 bits per heavy atom. The lowest BCUT2D eigenvalue weighted by molar-refractivity contribution is -0.888. The molecular formula is C11H16ClNO3. The number of nitrogens with one attached hydrogen (secondary N) is 1. The minimum atomic E-state index is -0.347. The van der Waals surface area contributed by atoms with Crippen molar-refractivity contribution >= 4 is 5.97 Å². The molecule has 0 amide bonds. The largest absolute Gasteiger partial charge is 1.00 e. The molecule has 1 N–H and O–H groups in total. The van der Waals surface area contributed by atoms with Gasteiger partial charge in [0, 0.05) is 6.42 Å². The molecule has 90 valence electrons. The van der Waals surface area contributed by atoms with Crippen LogP contribution in [0.1, 0.15) is 23.4 Å². The molecule has 4 nitrogen and oxygen atoms in total. The summed E-state index contributed by atoms with van der Waals surface area (Å²) in [5.41, 5.74) is 0. The molecule has 1 aliphatic heterocycles. The summed E-state index contributed by atoms with van der Waals surface area (Å²) < 4.78 is 10.3. The van der Waals surface area contributed by atoms with Gasteiger partial charge in [-0.3, -0.25) is 0 Å². The van der Waals surface area contributed by atoms with Crippen molar-refractivity contribution in [1.82, 2.24) is 0 Å². The summed E-state index contributed by atoms with van der Waals surface area (Å²) in [7, 11) is 2.12. The zero-order valence-electron chi connectivity index (χ0n) is 9.24. The van der Waals surface area contributed by atoms with Gasteiger partial charge < -0.3 is 26.5 Å². The number of likely N-dealkylation sites (tertiary alicyclic amines) is 1. The molecule has 1 aliphatic rings. The van der Waals surface area contributed by atoms with Gasteiger partial charge in [0.2, 0.25) is 5.76 Å². The molecule has 2 heterocycles. The van der Waals surface area contributed by atoms with Gasteiger partial charge in [0.25, 0.3) is 0 Å². The van der Waals surface area contributed by atoms with Crippen molar-refractivity contribution in [2.75, 3.05) is 20.1 Å². The molecule has 2 unspecified atom stereocenters. The Balaban J connectivity index is 0.00000128. The van der Waals surface area contributed by atoms with E-state index in [-0.39, 0.29) is 24.5 Å². The number of hydrogen-bond acceptors (Lipinski definition) is 3. The first-order valence-electron chi connectivity index (χ1n) is 5.31. The Bertz CT molecular complexity index is 326. The minimum absolute atomic E-state index is 0. The van der Waals surface area contributed by atoms with E-state index in [1.807, 2.05) is 0 Å². The Morgan fingerprint density at radius 1 is 1.62 bits per heavy atom. The molecule has 16 heavy (non-hydrogen) atoms. The molecule has 0 aliphatic carbocycles. The average Bonchev–Trinajstić information content (AvgIpc) is 2.70. The Labute approximate surface area is 101 Å². The summed E-state index contributed by atoms with van der Waals surface area (Å²) in [5.74, 6) is -0.0575. The maximum Gasteiger partial charge on any atom is 0.374 e. The van der Waals surface area contributed by atoms with Crippen molar-refractivity contribution in [1.29, 1.82) is 0 Å². The summed E-state index contributed by atoms with van der Waals surface area (Å²) in [6, 6.07) is 3.32. The number of quaternary nitrogens is 1. The van der Waals surface area contributed by atoms with Gasteiger partial charge >= 0.3 is 5.97 Å². The summed E-state index contributed by atoms with van der Waals surface area (Å²) in [4.78, 5) is 13.0. The van der Waals surface area contributed by atoms with E-state index in [1.54, 1.807) is 12.1 Å². The number of ether oxygens (including phenoxy) is 1. The third kappa shape index (κ3) is 3.25. The topological polar surface area (TPSA) is 43.9 Å². The van der Waals surface area contributed by atoms with Gasteiger partial charge in [0.1, 0.15) is 6.54 Å². The van der Waals surface area contributed by atoms with E-state index in [2.05, 4.69) is 7.05 Å². The van der Waals surface area contributed by atoms with Crippen LogP contribution in [0.4, 0.5) is 0 Å². The Hall–Kier alpha value is -1.00. The van der Waals surface area contributed by atoms with Gasteiger partial charge in [-0.2, -0.15) is 0 Å². The van der Waals surface area contributed by atoms with Gasteiger partial charge in [0.05, 0.1) is 19.9 Å². The van der Waals surface area contributed by atoms with Crippen LogP contribution < -0.4 is 17.3 Å². The minimum Gasteiger partial charge on any atom is -1.00 e. The van der Waals surface area contributed by atoms with Crippen LogP contribution in [0.15, 0.2) is 22.8 Å². The molecule has 1 saturated heterocycles. The molecule has 2 rings (SSSR count). The number of esters is 1. The van der Waals surface area contributed by atoms with Crippen LogP contribution in [0.5, 0.6) is 0 Å². The molecular weight excluding hydrogens is 230 g/mol. The predicted molar refractivity (Wildman–Crippen MR) is 53.8 cm³/mol. The molecule has 0 saturated carbocycles. The maximum absolute atomic E-state index is 11.6. The molecule has 1 fully saturated rings. The van der Waals surface area contributed by atoms with E-state index >= 15 is 0 Å². The number of furan rings is 1. The lowest BCUT2D eigenvalue weighted by atomic mass is 10.1. The molecule has 0 radical (unpaired) electrons. The molecule has 0 bridgehead atoms. The monoisotopic (exact) mass is 245 g/mol. The van der Waals surface area contributed by atoms with Crippen molar-refractivity contribution in [3.05, 3.63) is 24.2 Å². The highest BCUT2D eigenvalue weighted by Crippen LogP contribution is 2.08. The molecule has 2 atom stereocenters. The van der Waals surface area contributed by atoms with Crippen LogP contribution >= 0.6 is 0 Å². The second-order valence-corrected chi connectivity index (χ2v) is 4.06. The van der Waals surface area contributed by atoms with Crippen LogP contribution in [0, 0.1) is 0 Å². The number of likely N-dealkylation sites (N-methyl/N-ethyl adjacent to an activating group) is 1. The summed E-state index contributed by atoms with van der Waals surface area (Å²) in [6.07, 6.45) is 3.59. The molecule has 1 aromatic rings. The number of hydrogen-bond donors (Lipinski definition) is 1. The highest BCUT2D eigenvalue weighted by molar-refractivity contribution is 5.86. The van der Waals surface area contributed by atoms with E-state index in [0.717, 1.165) is 25.9 Å². The summed E-state index contributed by atoms with van der Waals surface area (Å²) in [6.45, 7) is 2.06. The van der Waals surface area contributed by atoms with Gasteiger partial charge in [0.15, 0.2) is 6.10 Å². The van der Waals surface area contributed by atoms with E-state index in [0.29, 0.717) is 5.76 Å². The third-order valence-electron chi connectivity index (χ3n) is 2.70. The molecule has 1 aromatic heterocycles. The van der Waals surface area contributed by atoms with E-state index in [4.69, 9.17) is 9.15 Å².